The summed E-state index contributed by atoms with van der Waals surface area (Å²) in [5, 5.41) is 12.2. The molecule has 0 saturated heterocycles. The summed E-state index contributed by atoms with van der Waals surface area (Å²) >= 11 is 1.37. The van der Waals surface area contributed by atoms with Crippen LogP contribution in [-0.2, 0) is 11.3 Å². The molecule has 0 aliphatic carbocycles. The predicted molar refractivity (Wildman–Crippen MR) is 116 cm³/mol. The van der Waals surface area contributed by atoms with E-state index in [1.165, 1.54) is 11.8 Å². The van der Waals surface area contributed by atoms with Crippen LogP contribution in [0.1, 0.15) is 36.9 Å². The molecule has 1 aromatic heterocycles. The molecule has 0 bridgehead atoms. The zero-order valence-electron chi connectivity index (χ0n) is 17.2. The van der Waals surface area contributed by atoms with Crippen molar-refractivity contribution in [1.82, 2.24) is 14.8 Å². The van der Waals surface area contributed by atoms with Gasteiger partial charge in [-0.15, -0.1) is 10.2 Å². The van der Waals surface area contributed by atoms with Crippen LogP contribution in [0.2, 0.25) is 0 Å². The molecule has 3 aromatic rings. The van der Waals surface area contributed by atoms with Crippen LogP contribution in [0.25, 0.3) is 0 Å². The van der Waals surface area contributed by atoms with Gasteiger partial charge in [-0.2, -0.15) is 0 Å². The third kappa shape index (κ3) is 5.60. The van der Waals surface area contributed by atoms with Crippen LogP contribution in [0, 0.1) is 13.8 Å². The summed E-state index contributed by atoms with van der Waals surface area (Å²) in [6.45, 7) is 8.71. The van der Waals surface area contributed by atoms with E-state index in [9.17, 15) is 4.79 Å². The minimum Gasteiger partial charge on any atom is -0.483 e. The zero-order valence-corrected chi connectivity index (χ0v) is 18.0. The highest BCUT2D eigenvalue weighted by molar-refractivity contribution is 7.99. The maximum atomic E-state index is 12.4. The zero-order chi connectivity index (χ0) is 20.8. The summed E-state index contributed by atoms with van der Waals surface area (Å²) in [5.41, 5.74) is 3.06. The molecule has 1 amide bonds. The Bertz CT molecular complexity index is 952. The van der Waals surface area contributed by atoms with Gasteiger partial charge in [0.25, 0.3) is 0 Å². The average molecular weight is 411 g/mol. The van der Waals surface area contributed by atoms with Crippen molar-refractivity contribution in [3.63, 3.8) is 0 Å². The van der Waals surface area contributed by atoms with Gasteiger partial charge in [0.2, 0.25) is 5.91 Å². The lowest BCUT2D eigenvalue weighted by molar-refractivity contribution is -0.113. The van der Waals surface area contributed by atoms with Crippen LogP contribution in [0.4, 0.5) is 5.69 Å². The first kappa shape index (κ1) is 20.9. The second-order valence-electron chi connectivity index (χ2n) is 6.87. The minimum absolute atomic E-state index is 0.0687. The number of thioether (sulfide) groups is 1. The number of nitrogens with one attached hydrogen (secondary N) is 1. The molecule has 1 unspecified atom stereocenters. The molecule has 2 aromatic carbocycles. The number of anilines is 1. The molecule has 0 fully saturated rings. The molecule has 7 heteroatoms. The van der Waals surface area contributed by atoms with Gasteiger partial charge >= 0.3 is 0 Å². The van der Waals surface area contributed by atoms with Crippen molar-refractivity contribution in [2.45, 2.75) is 45.5 Å². The Balaban J connectivity index is 1.63. The van der Waals surface area contributed by atoms with Gasteiger partial charge in [-0.1, -0.05) is 36.0 Å². The number of amides is 1. The second kappa shape index (κ2) is 9.60. The summed E-state index contributed by atoms with van der Waals surface area (Å²) in [4.78, 5) is 12.4. The number of benzene rings is 2. The maximum Gasteiger partial charge on any atom is 0.234 e. The largest absolute Gasteiger partial charge is 0.483 e. The van der Waals surface area contributed by atoms with Gasteiger partial charge < -0.3 is 14.6 Å². The van der Waals surface area contributed by atoms with Gasteiger partial charge in [0, 0.05) is 12.2 Å². The highest BCUT2D eigenvalue weighted by atomic mass is 32.2. The van der Waals surface area contributed by atoms with Gasteiger partial charge in [-0.3, -0.25) is 4.79 Å². The van der Waals surface area contributed by atoms with Gasteiger partial charge in [0.15, 0.2) is 17.1 Å². The molecule has 0 aliphatic heterocycles. The molecular formula is C22H26N4O2S. The Morgan fingerprint density at radius 1 is 1.14 bits per heavy atom. The fourth-order valence-electron chi connectivity index (χ4n) is 3.13. The number of ether oxygens (including phenoxy) is 1. The smallest absolute Gasteiger partial charge is 0.234 e. The van der Waals surface area contributed by atoms with Crippen LogP contribution in [0.3, 0.4) is 0 Å². The molecule has 29 heavy (non-hydrogen) atoms. The molecule has 0 radical (unpaired) electrons. The number of carbonyl (C=O) groups excluding carboxylic acids is 1. The lowest BCUT2D eigenvalue weighted by atomic mass is 10.1. The third-order valence-electron chi connectivity index (χ3n) is 4.32. The Morgan fingerprint density at radius 3 is 2.48 bits per heavy atom. The van der Waals surface area contributed by atoms with E-state index in [-0.39, 0.29) is 17.8 Å². The highest BCUT2D eigenvalue weighted by Crippen LogP contribution is 2.24. The lowest BCUT2D eigenvalue weighted by Crippen LogP contribution is -2.15. The lowest BCUT2D eigenvalue weighted by Gasteiger charge is -2.15. The third-order valence-corrected chi connectivity index (χ3v) is 5.29. The summed E-state index contributed by atoms with van der Waals surface area (Å²) in [7, 11) is 0. The first-order valence-corrected chi connectivity index (χ1v) is 10.6. The van der Waals surface area contributed by atoms with Crippen molar-refractivity contribution in [1.29, 1.82) is 0 Å². The fourth-order valence-corrected chi connectivity index (χ4v) is 3.94. The van der Waals surface area contributed by atoms with Crippen LogP contribution >= 0.6 is 11.8 Å². The Kier molecular flexibility index (Phi) is 6.93. The van der Waals surface area contributed by atoms with Crippen LogP contribution in [0.15, 0.2) is 53.7 Å². The fraction of sp³-hybridized carbons (Fsp3) is 0.318. The minimum atomic E-state index is -0.247. The number of carbonyl (C=O) groups is 1. The number of hydrogen-bond acceptors (Lipinski definition) is 5. The van der Waals surface area contributed by atoms with Gasteiger partial charge in [0.05, 0.1) is 5.75 Å². The standard InChI is InChI=1S/C22H26N4O2S/c1-5-26-21(17(4)28-19-9-7-6-8-10-19)24-25-22(26)29-14-20(27)23-18-12-15(2)11-16(3)13-18/h6-13,17H,5,14H2,1-4H3,(H,23,27). The highest BCUT2D eigenvalue weighted by Gasteiger charge is 2.19. The molecule has 0 aliphatic rings. The number of para-hydroxylation sites is 1. The molecule has 0 saturated carbocycles. The van der Waals surface area contributed by atoms with Crippen molar-refractivity contribution in [2.24, 2.45) is 0 Å². The van der Waals surface area contributed by atoms with E-state index in [1.54, 1.807) is 0 Å². The van der Waals surface area contributed by atoms with E-state index in [4.69, 9.17) is 4.74 Å². The summed E-state index contributed by atoms with van der Waals surface area (Å²) in [6, 6.07) is 15.6. The maximum absolute atomic E-state index is 12.4. The van der Waals surface area contributed by atoms with Crippen molar-refractivity contribution in [3.05, 3.63) is 65.5 Å². The van der Waals surface area contributed by atoms with Crippen molar-refractivity contribution >= 4 is 23.4 Å². The molecule has 6 nitrogen and oxygen atoms in total. The van der Waals surface area contributed by atoms with E-state index in [0.717, 1.165) is 28.4 Å². The number of aryl methyl sites for hydroxylation is 2. The Hall–Kier alpha value is -2.80. The SMILES string of the molecule is CCn1c(SCC(=O)Nc2cc(C)cc(C)c2)nnc1C(C)Oc1ccccc1. The average Bonchev–Trinajstić information content (AvgIpc) is 3.09. The summed E-state index contributed by atoms with van der Waals surface area (Å²) < 4.78 is 7.96. The quantitative estimate of drug-likeness (QED) is 0.541. The van der Waals surface area contributed by atoms with Crippen molar-refractivity contribution in [2.75, 3.05) is 11.1 Å². The molecule has 1 atom stereocenters. The van der Waals surface area contributed by atoms with Crippen molar-refractivity contribution in [3.8, 4) is 5.75 Å². The number of aromatic nitrogens is 3. The van der Waals surface area contributed by atoms with Crippen LogP contribution in [-0.4, -0.2) is 26.4 Å². The first-order valence-electron chi connectivity index (χ1n) is 9.62. The molecule has 0 spiro atoms. The molecular weight excluding hydrogens is 384 g/mol. The van der Waals surface area contributed by atoms with Crippen LogP contribution in [0.5, 0.6) is 5.75 Å². The normalized spacial score (nSPS) is 11.9. The van der Waals surface area contributed by atoms with E-state index in [0.29, 0.717) is 11.7 Å². The van der Waals surface area contributed by atoms with Crippen molar-refractivity contribution < 1.29 is 9.53 Å². The van der Waals surface area contributed by atoms with E-state index >= 15 is 0 Å². The monoisotopic (exact) mass is 410 g/mol. The summed E-state index contributed by atoms with van der Waals surface area (Å²) in [6.07, 6.45) is -0.247. The Morgan fingerprint density at radius 2 is 1.83 bits per heavy atom. The van der Waals surface area contributed by atoms with E-state index in [1.807, 2.05) is 74.7 Å². The molecule has 1 heterocycles. The van der Waals surface area contributed by atoms with E-state index in [2.05, 4.69) is 21.6 Å². The van der Waals surface area contributed by atoms with Gasteiger partial charge in [0.1, 0.15) is 5.75 Å². The van der Waals surface area contributed by atoms with Gasteiger partial charge in [-0.25, -0.2) is 0 Å². The second-order valence-corrected chi connectivity index (χ2v) is 7.81. The summed E-state index contributed by atoms with van der Waals surface area (Å²) in [5.74, 6) is 1.72. The number of nitrogens with zero attached hydrogens (tertiary/aromatic N) is 3. The molecule has 1 N–H and O–H groups in total. The predicted octanol–water partition coefficient (Wildman–Crippen LogP) is 4.79. The number of rotatable bonds is 8. The van der Waals surface area contributed by atoms with Crippen LogP contribution < -0.4 is 10.1 Å². The van der Waals surface area contributed by atoms with Gasteiger partial charge in [-0.05, 0) is 63.1 Å². The number of hydrogen-bond donors (Lipinski definition) is 1. The van der Waals surface area contributed by atoms with E-state index < -0.39 is 0 Å². The first-order chi connectivity index (χ1) is 14.0. The Labute approximate surface area is 175 Å². The molecule has 152 valence electrons. The topological polar surface area (TPSA) is 69.0 Å². The molecule has 3 rings (SSSR count).